The lowest BCUT2D eigenvalue weighted by molar-refractivity contribution is -0.158. The van der Waals surface area contributed by atoms with Crippen molar-refractivity contribution >= 4 is 11.9 Å². The summed E-state index contributed by atoms with van der Waals surface area (Å²) in [6.45, 7) is 6.89. The van der Waals surface area contributed by atoms with Crippen molar-refractivity contribution in [2.45, 2.75) is 46.5 Å². The predicted molar refractivity (Wildman–Crippen MR) is 110 cm³/mol. The van der Waals surface area contributed by atoms with Gasteiger partial charge in [0.1, 0.15) is 11.5 Å². The van der Waals surface area contributed by atoms with E-state index < -0.39 is 5.41 Å². The Balaban J connectivity index is 1.71. The van der Waals surface area contributed by atoms with Crippen LogP contribution in [0.15, 0.2) is 36.4 Å². The second-order valence-electron chi connectivity index (χ2n) is 7.72. The van der Waals surface area contributed by atoms with Crippen molar-refractivity contribution in [2.75, 3.05) is 19.7 Å². The van der Waals surface area contributed by atoms with Crippen molar-refractivity contribution < 1.29 is 14.3 Å². The van der Waals surface area contributed by atoms with Gasteiger partial charge in [-0.05, 0) is 58.1 Å². The Morgan fingerprint density at radius 3 is 2.41 bits per heavy atom. The number of hydrogen-bond acceptors (Lipinski definition) is 5. The summed E-state index contributed by atoms with van der Waals surface area (Å²) >= 11 is 0. The van der Waals surface area contributed by atoms with Crippen LogP contribution in [0.4, 0.5) is 0 Å². The Bertz CT molecular complexity index is 839. The summed E-state index contributed by atoms with van der Waals surface area (Å²) in [6, 6.07) is 11.9. The topological polar surface area (TPSA) is 72.4 Å². The van der Waals surface area contributed by atoms with Crippen LogP contribution >= 0.6 is 0 Å². The van der Waals surface area contributed by atoms with Gasteiger partial charge < -0.3 is 9.64 Å². The molecule has 0 atom stereocenters. The van der Waals surface area contributed by atoms with Crippen molar-refractivity contribution in [3.63, 3.8) is 0 Å². The summed E-state index contributed by atoms with van der Waals surface area (Å²) in [4.78, 5) is 36.1. The van der Waals surface area contributed by atoms with E-state index in [1.807, 2.05) is 32.0 Å². The number of nitrogens with zero attached hydrogens (tertiary/aromatic N) is 3. The maximum Gasteiger partial charge on any atom is 0.312 e. The van der Waals surface area contributed by atoms with Gasteiger partial charge in [-0.25, -0.2) is 9.97 Å². The second-order valence-corrected chi connectivity index (χ2v) is 7.72. The molecule has 1 aromatic carbocycles. The minimum absolute atomic E-state index is 0.0980. The molecule has 0 N–H and O–H groups in total. The molecule has 29 heavy (non-hydrogen) atoms. The van der Waals surface area contributed by atoms with E-state index in [0.717, 1.165) is 18.5 Å². The minimum atomic E-state index is -0.542. The number of aryl methyl sites for hydroxylation is 3. The van der Waals surface area contributed by atoms with E-state index in [0.29, 0.717) is 44.1 Å². The fourth-order valence-electron chi connectivity index (χ4n) is 4.00. The Kier molecular flexibility index (Phi) is 6.62. The van der Waals surface area contributed by atoms with E-state index >= 15 is 0 Å². The number of aromatic nitrogens is 2. The summed E-state index contributed by atoms with van der Waals surface area (Å²) < 4.78 is 5.42. The highest BCUT2D eigenvalue weighted by Gasteiger charge is 2.43. The van der Waals surface area contributed by atoms with E-state index in [2.05, 4.69) is 22.1 Å². The van der Waals surface area contributed by atoms with E-state index in [-0.39, 0.29) is 11.9 Å². The van der Waals surface area contributed by atoms with Crippen molar-refractivity contribution in [3.05, 3.63) is 59.2 Å². The van der Waals surface area contributed by atoms with Crippen LogP contribution in [0.1, 0.15) is 53.8 Å². The number of piperidine rings is 1. The van der Waals surface area contributed by atoms with Crippen LogP contribution in [0, 0.1) is 19.3 Å². The Labute approximate surface area is 172 Å². The van der Waals surface area contributed by atoms with Gasteiger partial charge in [-0.15, -0.1) is 0 Å². The first kappa shape index (κ1) is 21.0. The molecule has 154 valence electrons. The zero-order valence-corrected chi connectivity index (χ0v) is 17.5. The lowest BCUT2D eigenvalue weighted by Crippen LogP contribution is -2.47. The van der Waals surface area contributed by atoms with Crippen LogP contribution in [0.5, 0.6) is 0 Å². The zero-order chi connectivity index (χ0) is 20.9. The molecule has 1 aromatic heterocycles. The summed E-state index contributed by atoms with van der Waals surface area (Å²) in [6.07, 6.45) is 2.75. The molecular formula is C23H29N3O3. The molecule has 2 heterocycles. The maximum atomic E-state index is 12.9. The number of benzene rings is 1. The fraction of sp³-hybridized carbons (Fsp3) is 0.478. The molecule has 3 rings (SSSR count). The number of rotatable bonds is 6. The third-order valence-corrected chi connectivity index (χ3v) is 5.64. The van der Waals surface area contributed by atoms with Crippen molar-refractivity contribution in [3.8, 4) is 0 Å². The van der Waals surface area contributed by atoms with Gasteiger partial charge in [0, 0.05) is 18.8 Å². The largest absolute Gasteiger partial charge is 0.466 e. The Morgan fingerprint density at radius 1 is 1.10 bits per heavy atom. The molecule has 6 nitrogen and oxygen atoms in total. The molecule has 1 amide bonds. The summed E-state index contributed by atoms with van der Waals surface area (Å²) in [5.41, 5.74) is 1.87. The lowest BCUT2D eigenvalue weighted by Gasteiger charge is -2.40. The average Bonchev–Trinajstić information content (AvgIpc) is 2.72. The van der Waals surface area contributed by atoms with Gasteiger partial charge in [0.15, 0.2) is 0 Å². The Morgan fingerprint density at radius 2 is 1.79 bits per heavy atom. The molecule has 0 saturated carbocycles. The number of carbonyl (C=O) groups excluding carboxylic acids is 2. The molecule has 1 fully saturated rings. The molecule has 6 heteroatoms. The zero-order valence-electron chi connectivity index (χ0n) is 17.5. The molecule has 0 spiro atoms. The van der Waals surface area contributed by atoms with Crippen LogP contribution in [0.3, 0.4) is 0 Å². The van der Waals surface area contributed by atoms with Crippen LogP contribution in [0.25, 0.3) is 0 Å². The predicted octanol–water partition coefficient (Wildman–Crippen LogP) is 3.51. The molecule has 0 unspecified atom stereocenters. The van der Waals surface area contributed by atoms with Gasteiger partial charge in [-0.2, -0.15) is 0 Å². The summed E-state index contributed by atoms with van der Waals surface area (Å²) in [5, 5.41) is 0. The molecule has 1 saturated heterocycles. The first-order valence-electron chi connectivity index (χ1n) is 10.3. The van der Waals surface area contributed by atoms with E-state index in [4.69, 9.17) is 4.74 Å². The van der Waals surface area contributed by atoms with Crippen molar-refractivity contribution in [2.24, 2.45) is 5.41 Å². The fourth-order valence-corrected chi connectivity index (χ4v) is 4.00. The standard InChI is InChI=1S/C23H29N3O3/c1-4-29-22(28)23(11-10-19-8-6-5-7-9-19)12-14-26(15-13-23)21(27)20-16-17(2)24-18(3)25-20/h5-9,16H,4,10-15H2,1-3H3. The maximum absolute atomic E-state index is 12.9. The highest BCUT2D eigenvalue weighted by molar-refractivity contribution is 5.92. The number of amides is 1. The van der Waals surface area contributed by atoms with Crippen LogP contribution in [-0.4, -0.2) is 46.4 Å². The number of likely N-dealkylation sites (tertiary alicyclic amines) is 1. The summed E-state index contributed by atoms with van der Waals surface area (Å²) in [7, 11) is 0. The van der Waals surface area contributed by atoms with Gasteiger partial charge in [0.05, 0.1) is 12.0 Å². The number of hydrogen-bond donors (Lipinski definition) is 0. The molecule has 0 bridgehead atoms. The van der Waals surface area contributed by atoms with Crippen LogP contribution in [0.2, 0.25) is 0 Å². The molecule has 2 aromatic rings. The minimum Gasteiger partial charge on any atom is -0.466 e. The number of carbonyl (C=O) groups is 2. The van der Waals surface area contributed by atoms with E-state index in [1.54, 1.807) is 17.9 Å². The van der Waals surface area contributed by atoms with Crippen molar-refractivity contribution in [1.29, 1.82) is 0 Å². The van der Waals surface area contributed by atoms with E-state index in [1.165, 1.54) is 5.56 Å². The molecule has 1 aliphatic heterocycles. The van der Waals surface area contributed by atoms with Gasteiger partial charge in [-0.3, -0.25) is 9.59 Å². The molecule has 1 aliphatic rings. The molecule has 0 radical (unpaired) electrons. The Hall–Kier alpha value is -2.76. The highest BCUT2D eigenvalue weighted by atomic mass is 16.5. The van der Waals surface area contributed by atoms with Crippen LogP contribution in [-0.2, 0) is 16.0 Å². The molecular weight excluding hydrogens is 366 g/mol. The van der Waals surface area contributed by atoms with Gasteiger partial charge in [0.2, 0.25) is 0 Å². The quantitative estimate of drug-likeness (QED) is 0.700. The third-order valence-electron chi connectivity index (χ3n) is 5.64. The van der Waals surface area contributed by atoms with Crippen LogP contribution < -0.4 is 0 Å². The third kappa shape index (κ3) is 5.00. The second kappa shape index (κ2) is 9.16. The monoisotopic (exact) mass is 395 g/mol. The first-order valence-corrected chi connectivity index (χ1v) is 10.3. The van der Waals surface area contributed by atoms with Gasteiger partial charge >= 0.3 is 5.97 Å². The lowest BCUT2D eigenvalue weighted by atomic mass is 9.74. The average molecular weight is 396 g/mol. The van der Waals surface area contributed by atoms with Gasteiger partial charge in [0.25, 0.3) is 5.91 Å². The first-order chi connectivity index (χ1) is 13.9. The van der Waals surface area contributed by atoms with E-state index in [9.17, 15) is 9.59 Å². The SMILES string of the molecule is CCOC(=O)C1(CCc2ccccc2)CCN(C(=O)c2cc(C)nc(C)n2)CC1. The number of esters is 1. The summed E-state index contributed by atoms with van der Waals surface area (Å²) in [5.74, 6) is 0.352. The van der Waals surface area contributed by atoms with Gasteiger partial charge in [-0.1, -0.05) is 30.3 Å². The highest BCUT2D eigenvalue weighted by Crippen LogP contribution is 2.38. The molecule has 0 aliphatic carbocycles. The number of ether oxygens (including phenoxy) is 1. The smallest absolute Gasteiger partial charge is 0.312 e. The normalized spacial score (nSPS) is 15.8. The van der Waals surface area contributed by atoms with Crippen molar-refractivity contribution in [1.82, 2.24) is 14.9 Å².